The normalized spacial score (nSPS) is 10.7. The number of rotatable bonds is 0. The summed E-state index contributed by atoms with van der Waals surface area (Å²) in [5.74, 6) is -0.180. The van der Waals surface area contributed by atoms with Crippen molar-refractivity contribution in [3.05, 3.63) is 35.8 Å². The van der Waals surface area contributed by atoms with Crippen molar-refractivity contribution in [2.24, 2.45) is 0 Å². The lowest BCUT2D eigenvalue weighted by Gasteiger charge is -1.90. The monoisotopic (exact) mass is 151 g/mol. The molecule has 2 heteroatoms. The molecule has 1 nitrogen and oxygen atoms in total. The van der Waals surface area contributed by atoms with Gasteiger partial charge in [0.1, 0.15) is 5.82 Å². The van der Waals surface area contributed by atoms with Crippen LogP contribution in [-0.4, -0.2) is 4.98 Å². The van der Waals surface area contributed by atoms with Crippen LogP contribution in [0.1, 0.15) is 6.99 Å². The molecule has 11 heavy (non-hydrogen) atoms. The Morgan fingerprint density at radius 2 is 2.27 bits per heavy atom. The summed E-state index contributed by atoms with van der Waals surface area (Å²) >= 11 is 0. The van der Waals surface area contributed by atoms with Crippen LogP contribution in [0.4, 0.5) is 4.39 Å². The highest BCUT2D eigenvalue weighted by Crippen LogP contribution is 2.17. The second kappa shape index (κ2) is 2.09. The van der Waals surface area contributed by atoms with Crippen molar-refractivity contribution in [1.29, 1.82) is 0 Å². The van der Waals surface area contributed by atoms with Crippen LogP contribution in [0, 0.1) is 12.7 Å². The molecule has 0 radical (unpaired) electrons. The third kappa shape index (κ3) is 0.909. The molecular weight excluding hydrogens is 141 g/mol. The number of fused-ring (bicyclic) bond motifs is 1. The topological polar surface area (TPSA) is 15.8 Å². The van der Waals surface area contributed by atoms with Crippen molar-refractivity contribution in [1.82, 2.24) is 4.98 Å². The number of hydrogen-bond donors (Lipinski definition) is 1. The smallest absolute Gasteiger partial charge is 0.123 e. The minimum absolute atomic E-state index is 0. The van der Waals surface area contributed by atoms with E-state index in [-0.39, 0.29) is 7.24 Å². The Balaban J connectivity index is 0.000000720. The summed E-state index contributed by atoms with van der Waals surface area (Å²) in [4.78, 5) is 3.05. The van der Waals surface area contributed by atoms with Gasteiger partial charge in [0.25, 0.3) is 0 Å². The highest BCUT2D eigenvalue weighted by Gasteiger charge is 1.98. The lowest BCUT2D eigenvalue weighted by atomic mass is 10.2. The number of hydrogen-bond acceptors (Lipinski definition) is 0. The van der Waals surface area contributed by atoms with E-state index < -0.39 is 0 Å². The van der Waals surface area contributed by atoms with Crippen LogP contribution in [0.15, 0.2) is 24.4 Å². The minimum Gasteiger partial charge on any atom is -0.361 e. The van der Waals surface area contributed by atoms with Gasteiger partial charge < -0.3 is 4.98 Å². The molecule has 0 aliphatic carbocycles. The Kier molecular flexibility index (Phi) is 1.22. The van der Waals surface area contributed by atoms with Crippen molar-refractivity contribution in [3.63, 3.8) is 0 Å². The summed E-state index contributed by atoms with van der Waals surface area (Å²) < 4.78 is 12.7. The van der Waals surface area contributed by atoms with E-state index in [1.54, 1.807) is 12.1 Å². The number of aromatic amines is 1. The zero-order chi connectivity index (χ0) is 7.84. The molecule has 0 unspecified atom stereocenters. The molecule has 1 aromatic heterocycles. The predicted molar refractivity (Wildman–Crippen MR) is 45.1 cm³/mol. The molecule has 58 valence electrons. The summed E-state index contributed by atoms with van der Waals surface area (Å²) in [5.41, 5.74) is 2.07. The van der Waals surface area contributed by atoms with Crippen LogP contribution < -0.4 is 0 Å². The van der Waals surface area contributed by atoms with Gasteiger partial charge in [-0.1, -0.05) is 0 Å². The molecule has 0 saturated heterocycles. The van der Waals surface area contributed by atoms with Gasteiger partial charge in [-0.15, -0.1) is 0 Å². The van der Waals surface area contributed by atoms with Gasteiger partial charge in [-0.05, 0) is 30.7 Å². The molecule has 2 aromatic rings. The van der Waals surface area contributed by atoms with E-state index >= 15 is 0 Å². The first-order valence-corrected chi connectivity index (χ1v) is 3.50. The largest absolute Gasteiger partial charge is 0.361 e. The van der Waals surface area contributed by atoms with Gasteiger partial charge in [0.15, 0.2) is 0 Å². The minimum atomic E-state index is -0.180. The fraction of sp³-hybridized carbons (Fsp3) is 0.111. The maximum Gasteiger partial charge on any atom is 0.123 e. The van der Waals surface area contributed by atoms with Gasteiger partial charge in [0.05, 0.1) is 0 Å². The van der Waals surface area contributed by atoms with Gasteiger partial charge in [-0.25, -0.2) is 4.39 Å². The summed E-state index contributed by atoms with van der Waals surface area (Å²) in [6, 6.07) is 4.75. The first-order chi connectivity index (χ1) is 5.27. The SMILES string of the molecule is Cc1c[nH]c2ccc(F)cc12.[HH]. The molecule has 0 fully saturated rings. The van der Waals surface area contributed by atoms with E-state index in [1.165, 1.54) is 6.07 Å². The summed E-state index contributed by atoms with van der Waals surface area (Å²) in [6.07, 6.45) is 1.88. The highest BCUT2D eigenvalue weighted by atomic mass is 19.1. The van der Waals surface area contributed by atoms with Crippen molar-refractivity contribution in [3.8, 4) is 0 Å². The van der Waals surface area contributed by atoms with E-state index in [9.17, 15) is 4.39 Å². The molecule has 0 aliphatic heterocycles. The molecule has 1 N–H and O–H groups in total. The molecule has 0 atom stereocenters. The van der Waals surface area contributed by atoms with Gasteiger partial charge in [0, 0.05) is 18.5 Å². The zero-order valence-electron chi connectivity index (χ0n) is 6.19. The molecule has 0 spiro atoms. The summed E-state index contributed by atoms with van der Waals surface area (Å²) in [5, 5.41) is 0.963. The summed E-state index contributed by atoms with van der Waals surface area (Å²) in [7, 11) is 0. The average Bonchev–Trinajstić information content (AvgIpc) is 2.33. The van der Waals surface area contributed by atoms with Crippen LogP contribution in [0.2, 0.25) is 0 Å². The fourth-order valence-electron chi connectivity index (χ4n) is 1.23. The van der Waals surface area contributed by atoms with Gasteiger partial charge >= 0.3 is 0 Å². The quantitative estimate of drug-likeness (QED) is 0.596. The average molecular weight is 151 g/mol. The second-order valence-electron chi connectivity index (χ2n) is 2.66. The number of aryl methyl sites for hydroxylation is 1. The van der Waals surface area contributed by atoms with E-state index in [1.807, 2.05) is 13.1 Å². The van der Waals surface area contributed by atoms with Crippen LogP contribution in [0.3, 0.4) is 0 Å². The predicted octanol–water partition coefficient (Wildman–Crippen LogP) is 2.86. The lowest BCUT2D eigenvalue weighted by molar-refractivity contribution is 0.629. The Bertz CT molecular complexity index is 394. The fourth-order valence-corrected chi connectivity index (χ4v) is 1.23. The third-order valence-corrected chi connectivity index (χ3v) is 1.85. The number of halogens is 1. The molecule has 0 bridgehead atoms. The van der Waals surface area contributed by atoms with Crippen LogP contribution >= 0.6 is 0 Å². The van der Waals surface area contributed by atoms with Crippen molar-refractivity contribution in [2.75, 3.05) is 0 Å². The number of benzene rings is 1. The maximum absolute atomic E-state index is 12.7. The molecular formula is C9H10FN. The first kappa shape index (κ1) is 6.40. The number of H-pyrrole nitrogens is 1. The Morgan fingerprint density at radius 3 is 3.09 bits per heavy atom. The Hall–Kier alpha value is -1.31. The molecule has 0 amide bonds. The molecule has 1 aromatic carbocycles. The first-order valence-electron chi connectivity index (χ1n) is 3.50. The van der Waals surface area contributed by atoms with Crippen LogP contribution in [-0.2, 0) is 0 Å². The van der Waals surface area contributed by atoms with E-state index in [4.69, 9.17) is 0 Å². The molecule has 0 saturated carbocycles. The maximum atomic E-state index is 12.7. The highest BCUT2D eigenvalue weighted by molar-refractivity contribution is 5.82. The third-order valence-electron chi connectivity index (χ3n) is 1.85. The van der Waals surface area contributed by atoms with Gasteiger partial charge in [-0.2, -0.15) is 0 Å². The Labute approximate surface area is 65.3 Å². The summed E-state index contributed by atoms with van der Waals surface area (Å²) in [6.45, 7) is 1.96. The standard InChI is InChI=1S/C9H8FN.H2/c1-6-5-11-9-3-2-7(10)4-8(6)9;/h2-5,11H,1H3;1H. The number of nitrogens with one attached hydrogen (secondary N) is 1. The number of aromatic nitrogens is 1. The van der Waals surface area contributed by atoms with E-state index in [2.05, 4.69) is 4.98 Å². The molecule has 1 heterocycles. The molecule has 0 aliphatic rings. The van der Waals surface area contributed by atoms with E-state index in [0.29, 0.717) is 0 Å². The van der Waals surface area contributed by atoms with Crippen LogP contribution in [0.25, 0.3) is 10.9 Å². The zero-order valence-corrected chi connectivity index (χ0v) is 6.19. The van der Waals surface area contributed by atoms with Gasteiger partial charge in [0.2, 0.25) is 0 Å². The molecule has 2 rings (SSSR count). The van der Waals surface area contributed by atoms with Crippen molar-refractivity contribution >= 4 is 10.9 Å². The van der Waals surface area contributed by atoms with E-state index in [0.717, 1.165) is 16.5 Å². The van der Waals surface area contributed by atoms with Crippen LogP contribution in [0.5, 0.6) is 0 Å². The van der Waals surface area contributed by atoms with Crippen molar-refractivity contribution in [2.45, 2.75) is 6.92 Å². The Morgan fingerprint density at radius 1 is 1.45 bits per heavy atom. The van der Waals surface area contributed by atoms with Gasteiger partial charge in [-0.3, -0.25) is 0 Å². The van der Waals surface area contributed by atoms with Crippen molar-refractivity contribution < 1.29 is 5.82 Å². The lowest BCUT2D eigenvalue weighted by Crippen LogP contribution is -1.73. The second-order valence-corrected chi connectivity index (χ2v) is 2.66.